The van der Waals surface area contributed by atoms with Crippen molar-refractivity contribution in [3.8, 4) is 0 Å². The molecule has 2 bridgehead atoms. The maximum Gasteiger partial charge on any atom is 0.270 e. The van der Waals surface area contributed by atoms with Crippen LogP contribution in [0.2, 0.25) is 0 Å². The van der Waals surface area contributed by atoms with Gasteiger partial charge in [0.1, 0.15) is 5.69 Å². The number of nitrogens with zero attached hydrogens (tertiary/aromatic N) is 2. The van der Waals surface area contributed by atoms with Crippen molar-refractivity contribution in [2.24, 2.45) is 17.8 Å². The molecule has 5 heteroatoms. The topological polar surface area (TPSA) is 54.5 Å². The van der Waals surface area contributed by atoms with Gasteiger partial charge in [-0.25, -0.2) is 0 Å². The summed E-state index contributed by atoms with van der Waals surface area (Å²) in [5, 5.41) is 3.23. The monoisotopic (exact) mass is 357 g/mol. The first-order chi connectivity index (χ1) is 12.5. The molecule has 0 spiro atoms. The van der Waals surface area contributed by atoms with Crippen LogP contribution in [0.4, 0.5) is 5.69 Å². The van der Waals surface area contributed by atoms with E-state index in [4.69, 9.17) is 4.74 Å². The predicted molar refractivity (Wildman–Crippen MR) is 102 cm³/mol. The fourth-order valence-corrected chi connectivity index (χ4v) is 5.42. The summed E-state index contributed by atoms with van der Waals surface area (Å²) in [5.74, 6) is 2.31. The number of ether oxygens (including phenoxy) is 1. The minimum Gasteiger partial charge on any atom is -0.372 e. The van der Waals surface area contributed by atoms with Gasteiger partial charge >= 0.3 is 0 Å². The Kier molecular flexibility index (Phi) is 4.91. The van der Waals surface area contributed by atoms with E-state index in [0.29, 0.717) is 11.6 Å². The molecule has 2 heterocycles. The normalized spacial score (nSPS) is 34.7. The van der Waals surface area contributed by atoms with Crippen molar-refractivity contribution in [3.05, 3.63) is 24.0 Å². The van der Waals surface area contributed by atoms with Crippen LogP contribution in [0.3, 0.4) is 0 Å². The number of carbonyl (C=O) groups excluding carboxylic acids is 1. The molecule has 5 nitrogen and oxygen atoms in total. The van der Waals surface area contributed by atoms with E-state index in [9.17, 15) is 4.79 Å². The van der Waals surface area contributed by atoms with Crippen molar-refractivity contribution in [1.29, 1.82) is 0 Å². The Hall–Kier alpha value is -1.62. The molecule has 0 radical (unpaired) electrons. The van der Waals surface area contributed by atoms with Crippen molar-refractivity contribution in [2.45, 2.75) is 64.7 Å². The Balaban J connectivity index is 1.41. The summed E-state index contributed by atoms with van der Waals surface area (Å²) in [6.07, 6.45) is 7.52. The van der Waals surface area contributed by atoms with Gasteiger partial charge in [0.05, 0.1) is 12.2 Å². The number of pyridine rings is 1. The van der Waals surface area contributed by atoms with Crippen molar-refractivity contribution >= 4 is 11.6 Å². The average molecular weight is 357 g/mol. The van der Waals surface area contributed by atoms with Gasteiger partial charge in [0.25, 0.3) is 5.91 Å². The van der Waals surface area contributed by atoms with Crippen LogP contribution in [-0.2, 0) is 4.74 Å². The third-order valence-electron chi connectivity index (χ3n) is 6.55. The van der Waals surface area contributed by atoms with Crippen LogP contribution in [0.15, 0.2) is 18.3 Å². The Morgan fingerprint density at radius 1 is 1.27 bits per heavy atom. The molecular formula is C21H31N3O2. The fourth-order valence-electron chi connectivity index (χ4n) is 5.42. The molecule has 142 valence electrons. The smallest absolute Gasteiger partial charge is 0.270 e. The molecule has 2 aliphatic carbocycles. The molecule has 1 amide bonds. The SMILES string of the molecule is C[C@@H]1CN(c2ccnc(C(=O)N[C@H](C)[C@@H]3C[C@H]4CC[C@H]3C4)c2)C[C@@H](C)O1. The second-order valence-electron chi connectivity index (χ2n) is 8.66. The summed E-state index contributed by atoms with van der Waals surface area (Å²) < 4.78 is 5.81. The second-order valence-corrected chi connectivity index (χ2v) is 8.66. The van der Waals surface area contributed by atoms with Crippen LogP contribution in [0.1, 0.15) is 56.9 Å². The number of fused-ring (bicyclic) bond motifs is 2. The highest BCUT2D eigenvalue weighted by Crippen LogP contribution is 2.49. The summed E-state index contributed by atoms with van der Waals surface area (Å²) in [4.78, 5) is 19.4. The van der Waals surface area contributed by atoms with Gasteiger partial charge in [-0.2, -0.15) is 0 Å². The highest BCUT2D eigenvalue weighted by molar-refractivity contribution is 5.93. The van der Waals surface area contributed by atoms with E-state index >= 15 is 0 Å². The molecule has 1 aromatic heterocycles. The maximum absolute atomic E-state index is 12.8. The molecule has 2 saturated carbocycles. The Labute approximate surface area is 156 Å². The Morgan fingerprint density at radius 2 is 2.04 bits per heavy atom. The van der Waals surface area contributed by atoms with Gasteiger partial charge in [0, 0.05) is 31.0 Å². The lowest BCUT2D eigenvalue weighted by atomic mass is 9.84. The van der Waals surface area contributed by atoms with Gasteiger partial charge in [0.2, 0.25) is 0 Å². The largest absolute Gasteiger partial charge is 0.372 e. The number of rotatable bonds is 4. The van der Waals surface area contributed by atoms with Crippen LogP contribution >= 0.6 is 0 Å². The van der Waals surface area contributed by atoms with Gasteiger partial charge in [0.15, 0.2) is 0 Å². The highest BCUT2D eigenvalue weighted by Gasteiger charge is 2.42. The fraction of sp³-hybridized carbons (Fsp3) is 0.714. The van der Waals surface area contributed by atoms with E-state index in [-0.39, 0.29) is 24.2 Å². The first-order valence-electron chi connectivity index (χ1n) is 10.2. The molecule has 3 aliphatic rings. The maximum atomic E-state index is 12.8. The van der Waals surface area contributed by atoms with Gasteiger partial charge in [-0.3, -0.25) is 9.78 Å². The quantitative estimate of drug-likeness (QED) is 0.899. The highest BCUT2D eigenvalue weighted by atomic mass is 16.5. The van der Waals surface area contributed by atoms with Crippen LogP contribution in [0.5, 0.6) is 0 Å². The van der Waals surface area contributed by atoms with Crippen molar-refractivity contribution in [3.63, 3.8) is 0 Å². The molecule has 3 fully saturated rings. The number of amides is 1. The lowest BCUT2D eigenvalue weighted by Gasteiger charge is -2.36. The van der Waals surface area contributed by atoms with Gasteiger partial charge in [-0.1, -0.05) is 6.42 Å². The standard InChI is InChI=1S/C21H31N3O2/c1-13-11-24(12-14(2)26-13)18-6-7-22-20(10-18)21(25)23-15(3)19-9-16-4-5-17(19)8-16/h6-7,10,13-17,19H,4-5,8-9,11-12H2,1-3H3,(H,23,25)/t13-,14-,15-,16+,17+,19+/m1/s1. The lowest BCUT2D eigenvalue weighted by Crippen LogP contribution is -2.45. The van der Waals surface area contributed by atoms with Gasteiger partial charge < -0.3 is 15.0 Å². The molecule has 1 aliphatic heterocycles. The Morgan fingerprint density at radius 3 is 2.69 bits per heavy atom. The summed E-state index contributed by atoms with van der Waals surface area (Å²) in [6, 6.07) is 4.14. The first-order valence-corrected chi connectivity index (χ1v) is 10.2. The summed E-state index contributed by atoms with van der Waals surface area (Å²) >= 11 is 0. The molecule has 1 N–H and O–H groups in total. The lowest BCUT2D eigenvalue weighted by molar-refractivity contribution is -0.00522. The first kappa shape index (κ1) is 17.8. The molecule has 6 atom stereocenters. The second kappa shape index (κ2) is 7.18. The van der Waals surface area contributed by atoms with Crippen LogP contribution in [-0.4, -0.2) is 42.2 Å². The molecule has 4 rings (SSSR count). The van der Waals surface area contributed by atoms with E-state index in [1.54, 1.807) is 6.20 Å². The van der Waals surface area contributed by atoms with Gasteiger partial charge in [-0.05, 0) is 69.9 Å². The Bertz CT molecular complexity index is 654. The van der Waals surface area contributed by atoms with Crippen LogP contribution in [0.25, 0.3) is 0 Å². The number of nitrogens with one attached hydrogen (secondary N) is 1. The summed E-state index contributed by atoms with van der Waals surface area (Å²) in [5.41, 5.74) is 1.57. The number of carbonyl (C=O) groups is 1. The van der Waals surface area contributed by atoms with Crippen molar-refractivity contribution in [1.82, 2.24) is 10.3 Å². The van der Waals surface area contributed by atoms with E-state index < -0.39 is 0 Å². The molecular weight excluding hydrogens is 326 g/mol. The van der Waals surface area contributed by atoms with E-state index in [0.717, 1.165) is 30.6 Å². The molecule has 0 unspecified atom stereocenters. The third kappa shape index (κ3) is 3.59. The summed E-state index contributed by atoms with van der Waals surface area (Å²) in [6.45, 7) is 8.04. The number of hydrogen-bond donors (Lipinski definition) is 1. The van der Waals surface area contributed by atoms with Gasteiger partial charge in [-0.15, -0.1) is 0 Å². The van der Waals surface area contributed by atoms with E-state index in [2.05, 4.69) is 36.0 Å². The van der Waals surface area contributed by atoms with Crippen LogP contribution in [0, 0.1) is 17.8 Å². The molecule has 1 saturated heterocycles. The zero-order valence-electron chi connectivity index (χ0n) is 16.1. The molecule has 1 aromatic rings. The van der Waals surface area contributed by atoms with E-state index in [1.165, 1.54) is 25.7 Å². The van der Waals surface area contributed by atoms with E-state index in [1.807, 2.05) is 12.1 Å². The van der Waals surface area contributed by atoms with Crippen LogP contribution < -0.4 is 10.2 Å². The van der Waals surface area contributed by atoms with Crippen molar-refractivity contribution in [2.75, 3.05) is 18.0 Å². The number of anilines is 1. The summed E-state index contributed by atoms with van der Waals surface area (Å²) in [7, 11) is 0. The minimum atomic E-state index is -0.0449. The number of hydrogen-bond acceptors (Lipinski definition) is 4. The minimum absolute atomic E-state index is 0.0449. The third-order valence-corrected chi connectivity index (χ3v) is 6.55. The zero-order valence-corrected chi connectivity index (χ0v) is 16.1. The number of aromatic nitrogens is 1. The zero-order chi connectivity index (χ0) is 18.3. The molecule has 0 aromatic carbocycles. The van der Waals surface area contributed by atoms with Crippen molar-refractivity contribution < 1.29 is 9.53 Å². The average Bonchev–Trinajstić information content (AvgIpc) is 3.24. The molecule has 26 heavy (non-hydrogen) atoms. The number of morpholine rings is 1. The predicted octanol–water partition coefficient (Wildman–Crippen LogP) is 3.25.